The molecule has 0 fully saturated rings. The summed E-state index contributed by atoms with van der Waals surface area (Å²) in [5.74, 6) is 8.61. The van der Waals surface area contributed by atoms with Crippen LogP contribution in [0, 0.1) is 39.5 Å². The molecule has 0 N–H and O–H groups in total. The molecule has 0 aromatic heterocycles. The maximum absolute atomic E-state index is 3.92. The standard InChI is InChI=1S/C29H26.C23H32Se.C12H16.C11H16.C2H6/c1-5-6-9-25-22(4)28(23-16-12-20(2)13-17-23)26-10-7-8-11-27(26)29(25)24-18-14-21(3)15-19-24;1-6-21-12-9-10-14-22(21)13-8-7-11-20-15-16-23(24(3,4)5)18-19(2)17-20;1-10-7-8-11-5-3-2-4-6-12(11)9-10;1-9-5-7-10(8-6-9)11(2,3)4;1-2/h5-19H,1H2,2-4H3;6,8,12-19H,1,7,9-11H2,2-5H3;5-8,10H,2-4,9H2,1H3;5-8H,1-4H3;1-2H3/b9-6-;13-8-;;;. The molecule has 410 valence electrons. The summed E-state index contributed by atoms with van der Waals surface area (Å²) in [4.78, 5) is 0. The Hall–Kier alpha value is -6.24. The molecule has 5 aromatic carbocycles. The minimum atomic E-state index is -1.41. The number of fused-ring (bicyclic) bond motifs is 2. The molecule has 5 aromatic rings. The molecular formula is C77H96Se. The summed E-state index contributed by atoms with van der Waals surface area (Å²) in [7, 11) is 0. The van der Waals surface area contributed by atoms with E-state index in [-0.39, 0.29) is 5.41 Å². The smallest absolute Gasteiger partial charge is 0.0132 e. The Morgan fingerprint density at radius 3 is 1.76 bits per heavy atom. The van der Waals surface area contributed by atoms with E-state index in [1.165, 1.54) is 114 Å². The van der Waals surface area contributed by atoms with Crippen molar-refractivity contribution in [1.82, 2.24) is 0 Å². The zero-order valence-electron chi connectivity index (χ0n) is 50.6. The van der Waals surface area contributed by atoms with Crippen molar-refractivity contribution < 1.29 is 0 Å². The Morgan fingerprint density at radius 2 is 1.18 bits per heavy atom. The van der Waals surface area contributed by atoms with Crippen LogP contribution in [0.3, 0.4) is 0 Å². The van der Waals surface area contributed by atoms with Crippen molar-refractivity contribution >= 4 is 29.7 Å². The van der Waals surface area contributed by atoms with Gasteiger partial charge >= 0.3 is 151 Å². The molecule has 0 saturated carbocycles. The summed E-state index contributed by atoms with van der Waals surface area (Å²) >= 11 is -1.41. The molecule has 4 aliphatic rings. The van der Waals surface area contributed by atoms with E-state index >= 15 is 0 Å². The third-order valence-corrected chi connectivity index (χ3v) is 18.1. The van der Waals surface area contributed by atoms with Gasteiger partial charge in [0.15, 0.2) is 0 Å². The summed E-state index contributed by atoms with van der Waals surface area (Å²) in [6.07, 6.45) is 45.9. The van der Waals surface area contributed by atoms with Gasteiger partial charge < -0.3 is 0 Å². The molecular weight excluding hydrogens is 1000 g/mol. The first-order chi connectivity index (χ1) is 37.4. The van der Waals surface area contributed by atoms with E-state index in [2.05, 4.69) is 269 Å². The molecule has 0 saturated heterocycles. The van der Waals surface area contributed by atoms with Gasteiger partial charge in [-0.15, -0.1) is 0 Å². The second-order valence-electron chi connectivity index (χ2n) is 23.0. The number of allylic oxidation sites excluding steroid dienone is 21. The van der Waals surface area contributed by atoms with Crippen molar-refractivity contribution in [3.8, 4) is 22.3 Å². The molecule has 9 rings (SSSR count). The van der Waals surface area contributed by atoms with Crippen LogP contribution in [0.2, 0.25) is 17.5 Å². The van der Waals surface area contributed by atoms with Gasteiger partial charge in [0, 0.05) is 0 Å². The molecule has 0 amide bonds. The van der Waals surface area contributed by atoms with E-state index in [0.717, 1.165) is 31.6 Å². The first-order valence-electron chi connectivity index (χ1n) is 29.0. The van der Waals surface area contributed by atoms with Crippen LogP contribution in [-0.2, 0) is 5.41 Å². The van der Waals surface area contributed by atoms with Crippen molar-refractivity contribution in [1.29, 1.82) is 0 Å². The summed E-state index contributed by atoms with van der Waals surface area (Å²) in [6, 6.07) is 35.2. The predicted molar refractivity (Wildman–Crippen MR) is 354 cm³/mol. The van der Waals surface area contributed by atoms with Gasteiger partial charge in [-0.25, -0.2) is 0 Å². The van der Waals surface area contributed by atoms with Crippen LogP contribution >= 0.6 is 0 Å². The van der Waals surface area contributed by atoms with E-state index < -0.39 is 12.8 Å². The molecule has 1 heteroatoms. The van der Waals surface area contributed by atoms with E-state index in [0.29, 0.717) is 5.92 Å². The molecule has 0 aliphatic heterocycles. The maximum Gasteiger partial charge on any atom is -0.0132 e. The number of benzene rings is 5. The Balaban J connectivity index is 0.000000204. The van der Waals surface area contributed by atoms with Crippen LogP contribution in [0.4, 0.5) is 0 Å². The third kappa shape index (κ3) is 18.7. The van der Waals surface area contributed by atoms with Crippen LogP contribution in [-0.4, -0.2) is 12.8 Å². The van der Waals surface area contributed by atoms with Crippen LogP contribution in [0.15, 0.2) is 234 Å². The molecule has 2 unspecified atom stereocenters. The zero-order chi connectivity index (χ0) is 56.8. The van der Waals surface area contributed by atoms with E-state index in [1.54, 1.807) is 10.0 Å². The Morgan fingerprint density at radius 1 is 0.615 bits per heavy atom. The topological polar surface area (TPSA) is 0 Å². The largest absolute Gasteiger partial charge is 0.0808 e. The molecule has 0 radical (unpaired) electrons. The first kappa shape index (κ1) is 62.6. The van der Waals surface area contributed by atoms with Gasteiger partial charge in [0.25, 0.3) is 0 Å². The average Bonchev–Trinajstić information content (AvgIpc) is 3.85. The number of hydrogen-bond acceptors (Lipinski definition) is 0. The quantitative estimate of drug-likeness (QED) is 0.0966. The van der Waals surface area contributed by atoms with Gasteiger partial charge in [-0.2, -0.15) is 0 Å². The van der Waals surface area contributed by atoms with E-state index in [1.807, 2.05) is 32.1 Å². The zero-order valence-corrected chi connectivity index (χ0v) is 52.3. The fourth-order valence-electron chi connectivity index (χ4n) is 10.2. The van der Waals surface area contributed by atoms with E-state index in [4.69, 9.17) is 0 Å². The second kappa shape index (κ2) is 30.8. The minimum Gasteiger partial charge on any atom is -0.0808 e. The van der Waals surface area contributed by atoms with E-state index in [9.17, 15) is 0 Å². The molecule has 0 bridgehead atoms. The van der Waals surface area contributed by atoms with Crippen molar-refractivity contribution in [3.63, 3.8) is 0 Å². The van der Waals surface area contributed by atoms with Crippen LogP contribution < -0.4 is 0 Å². The molecule has 78 heavy (non-hydrogen) atoms. The van der Waals surface area contributed by atoms with Crippen molar-refractivity contribution in [2.75, 3.05) is 0 Å². The van der Waals surface area contributed by atoms with Crippen molar-refractivity contribution in [2.24, 2.45) is 11.8 Å². The monoisotopic (exact) mass is 1100 g/mol. The Kier molecular flexibility index (Phi) is 24.7. The van der Waals surface area contributed by atoms with Crippen LogP contribution in [0.1, 0.15) is 133 Å². The predicted octanol–water partition coefficient (Wildman–Crippen LogP) is 23.3. The second-order valence-corrected chi connectivity index (χ2v) is 31.7. The fraction of sp³-hybridized carbons (Fsp3) is 0.325. The molecule has 2 atom stereocenters. The normalized spacial score (nSPS) is 17.2. The molecule has 4 aliphatic carbocycles. The van der Waals surface area contributed by atoms with Gasteiger partial charge in [0.2, 0.25) is 0 Å². The minimum absolute atomic E-state index is 0.285. The van der Waals surface area contributed by atoms with Gasteiger partial charge in [-0.05, 0) is 126 Å². The SMILES string of the molecule is C=C/C=C\c1c(C)c(-c2ccc(C)cc2)c2ccccc2c1-c1ccc(C)cc1.C=CC1=CCCC=C1/C=C\CCC1=CC(C)C=C([Se](C)(C)C)C=C1.CC.CC1C=CC2=CCCCC=C2C1.Cc1ccc(C(C)(C)C)cc1. The molecule has 0 spiro atoms. The van der Waals surface area contributed by atoms with Gasteiger partial charge in [-0.3, -0.25) is 0 Å². The number of aryl methyl sites for hydroxylation is 3. The van der Waals surface area contributed by atoms with Gasteiger partial charge in [0.1, 0.15) is 0 Å². The van der Waals surface area contributed by atoms with Crippen molar-refractivity contribution in [2.45, 2.75) is 150 Å². The summed E-state index contributed by atoms with van der Waals surface area (Å²) in [6.45, 7) is 31.7. The molecule has 0 nitrogen and oxygen atoms in total. The van der Waals surface area contributed by atoms with Crippen LogP contribution in [0.25, 0.3) is 39.1 Å². The Bertz CT molecular complexity index is 3090. The summed E-state index contributed by atoms with van der Waals surface area (Å²) in [5.41, 5.74) is 20.4. The van der Waals surface area contributed by atoms with Gasteiger partial charge in [-0.1, -0.05) is 204 Å². The fourth-order valence-corrected chi connectivity index (χ4v) is 12.5. The maximum atomic E-state index is 3.92. The number of rotatable bonds is 10. The third-order valence-electron chi connectivity index (χ3n) is 14.6. The number of hydrogen-bond donors (Lipinski definition) is 0. The van der Waals surface area contributed by atoms with Gasteiger partial charge in [0.05, 0.1) is 0 Å². The summed E-state index contributed by atoms with van der Waals surface area (Å²) in [5, 5.41) is 2.57. The first-order valence-corrected chi connectivity index (χ1v) is 35.0. The van der Waals surface area contributed by atoms with Crippen LogP contribution in [0.5, 0.6) is 0 Å². The van der Waals surface area contributed by atoms with Crippen molar-refractivity contribution in [3.05, 3.63) is 267 Å². The Labute approximate surface area is 478 Å². The average molecular weight is 1100 g/mol. The molecule has 0 heterocycles. The summed E-state index contributed by atoms with van der Waals surface area (Å²) < 4.78 is 1.59.